The van der Waals surface area contributed by atoms with Gasteiger partial charge in [-0.15, -0.1) is 0 Å². The molecule has 2 rings (SSSR count). The van der Waals surface area contributed by atoms with Crippen molar-refractivity contribution in [2.45, 2.75) is 13.5 Å². The van der Waals surface area contributed by atoms with Crippen LogP contribution in [0.15, 0.2) is 36.4 Å². The Kier molecular flexibility index (Phi) is 4.22. The number of nitro groups is 1. The van der Waals surface area contributed by atoms with Gasteiger partial charge in [-0.1, -0.05) is 29.8 Å². The lowest BCUT2D eigenvalue weighted by molar-refractivity contribution is -0.385. The molecule has 0 fully saturated rings. The van der Waals surface area contributed by atoms with Crippen molar-refractivity contribution in [2.24, 2.45) is 5.73 Å². The molecular weight excluding hydrogens is 280 g/mol. The van der Waals surface area contributed by atoms with E-state index in [0.717, 1.165) is 5.56 Å². The Bertz CT molecular complexity index is 659. The second-order valence-electron chi connectivity index (χ2n) is 4.24. The lowest BCUT2D eigenvalue weighted by Gasteiger charge is -2.10. The van der Waals surface area contributed by atoms with Gasteiger partial charge in [0.15, 0.2) is 0 Å². The summed E-state index contributed by atoms with van der Waals surface area (Å²) in [6.07, 6.45) is 0. The van der Waals surface area contributed by atoms with E-state index in [4.69, 9.17) is 22.1 Å². The lowest BCUT2D eigenvalue weighted by Crippen LogP contribution is -1.98. The van der Waals surface area contributed by atoms with Crippen LogP contribution >= 0.6 is 11.6 Å². The number of benzene rings is 2. The molecule has 0 unspecified atom stereocenters. The number of ether oxygens (including phenoxy) is 1. The summed E-state index contributed by atoms with van der Waals surface area (Å²) in [4.78, 5) is 10.5. The second kappa shape index (κ2) is 5.90. The van der Waals surface area contributed by atoms with Crippen LogP contribution in [-0.4, -0.2) is 4.92 Å². The van der Waals surface area contributed by atoms with E-state index in [1.165, 1.54) is 6.07 Å². The average molecular weight is 293 g/mol. The van der Waals surface area contributed by atoms with Gasteiger partial charge in [0.25, 0.3) is 0 Å². The first-order valence-corrected chi connectivity index (χ1v) is 6.31. The van der Waals surface area contributed by atoms with E-state index < -0.39 is 4.92 Å². The largest absolute Gasteiger partial charge is 0.450 e. The summed E-state index contributed by atoms with van der Waals surface area (Å²) in [6.45, 7) is 2.07. The van der Waals surface area contributed by atoms with Crippen LogP contribution < -0.4 is 10.5 Å². The van der Waals surface area contributed by atoms with E-state index in [1.54, 1.807) is 37.3 Å². The number of halogens is 1. The van der Waals surface area contributed by atoms with Crippen molar-refractivity contribution in [3.63, 3.8) is 0 Å². The standard InChI is InChI=1S/C14H13ClN2O3/c1-9-3-2-4-13(17(18)19)14(9)20-11-6-5-10(8-16)12(15)7-11/h2-7H,8,16H2,1H3. The first-order valence-electron chi connectivity index (χ1n) is 5.93. The summed E-state index contributed by atoms with van der Waals surface area (Å²) < 4.78 is 5.61. The van der Waals surface area contributed by atoms with Gasteiger partial charge in [-0.25, -0.2) is 0 Å². The normalized spacial score (nSPS) is 10.3. The van der Waals surface area contributed by atoms with E-state index in [2.05, 4.69) is 0 Å². The van der Waals surface area contributed by atoms with E-state index >= 15 is 0 Å². The molecule has 0 aromatic heterocycles. The van der Waals surface area contributed by atoms with Crippen molar-refractivity contribution < 1.29 is 9.66 Å². The highest BCUT2D eigenvalue weighted by molar-refractivity contribution is 6.31. The zero-order valence-electron chi connectivity index (χ0n) is 10.8. The van der Waals surface area contributed by atoms with Crippen molar-refractivity contribution in [2.75, 3.05) is 0 Å². The molecule has 2 aromatic rings. The number of para-hydroxylation sites is 1. The lowest BCUT2D eigenvalue weighted by atomic mass is 10.2. The molecule has 0 aliphatic carbocycles. The quantitative estimate of drug-likeness (QED) is 0.686. The van der Waals surface area contributed by atoms with Crippen LogP contribution in [0.3, 0.4) is 0 Å². The molecule has 20 heavy (non-hydrogen) atoms. The second-order valence-corrected chi connectivity index (χ2v) is 4.65. The zero-order valence-corrected chi connectivity index (χ0v) is 11.6. The van der Waals surface area contributed by atoms with Crippen molar-refractivity contribution in [3.05, 3.63) is 62.7 Å². The van der Waals surface area contributed by atoms with Crippen LogP contribution in [-0.2, 0) is 6.54 Å². The van der Waals surface area contributed by atoms with Gasteiger partial charge in [-0.2, -0.15) is 0 Å². The number of nitrogens with two attached hydrogens (primary N) is 1. The zero-order chi connectivity index (χ0) is 14.7. The molecule has 0 atom stereocenters. The van der Waals surface area contributed by atoms with E-state index in [9.17, 15) is 10.1 Å². The van der Waals surface area contributed by atoms with E-state index in [1.807, 2.05) is 0 Å². The average Bonchev–Trinajstić information content (AvgIpc) is 2.41. The smallest absolute Gasteiger partial charge is 0.311 e. The molecule has 0 spiro atoms. The van der Waals surface area contributed by atoms with Gasteiger partial charge in [0.1, 0.15) is 5.75 Å². The minimum Gasteiger partial charge on any atom is -0.450 e. The first kappa shape index (κ1) is 14.3. The summed E-state index contributed by atoms with van der Waals surface area (Å²) in [5, 5.41) is 11.5. The summed E-state index contributed by atoms with van der Waals surface area (Å²) in [5.74, 6) is 0.652. The monoisotopic (exact) mass is 292 g/mol. The van der Waals surface area contributed by atoms with Crippen molar-refractivity contribution in [1.82, 2.24) is 0 Å². The molecule has 2 aromatic carbocycles. The summed E-state index contributed by atoms with van der Waals surface area (Å²) in [5.41, 5.74) is 6.92. The van der Waals surface area contributed by atoms with E-state index in [0.29, 0.717) is 22.9 Å². The Labute approximate surface area is 121 Å². The number of rotatable bonds is 4. The Balaban J connectivity index is 2.39. The molecule has 2 N–H and O–H groups in total. The van der Waals surface area contributed by atoms with Gasteiger partial charge in [-0.3, -0.25) is 10.1 Å². The van der Waals surface area contributed by atoms with Crippen LogP contribution in [0, 0.1) is 17.0 Å². The van der Waals surface area contributed by atoms with Crippen LogP contribution in [0.4, 0.5) is 5.69 Å². The van der Waals surface area contributed by atoms with Crippen molar-refractivity contribution >= 4 is 17.3 Å². The maximum absolute atomic E-state index is 11.0. The van der Waals surface area contributed by atoms with Gasteiger partial charge >= 0.3 is 5.69 Å². The minimum absolute atomic E-state index is 0.0796. The fourth-order valence-corrected chi connectivity index (χ4v) is 2.04. The van der Waals surface area contributed by atoms with E-state index in [-0.39, 0.29) is 11.4 Å². The van der Waals surface area contributed by atoms with Crippen molar-refractivity contribution in [1.29, 1.82) is 0 Å². The predicted molar refractivity (Wildman–Crippen MR) is 77.3 cm³/mol. The highest BCUT2D eigenvalue weighted by Crippen LogP contribution is 2.35. The number of hydrogen-bond acceptors (Lipinski definition) is 4. The van der Waals surface area contributed by atoms with Gasteiger partial charge in [-0.05, 0) is 30.2 Å². The maximum Gasteiger partial charge on any atom is 0.311 e. The van der Waals surface area contributed by atoms with Gasteiger partial charge in [0, 0.05) is 17.6 Å². The third kappa shape index (κ3) is 2.89. The molecule has 0 radical (unpaired) electrons. The third-order valence-corrected chi connectivity index (χ3v) is 3.20. The van der Waals surface area contributed by atoms with Crippen LogP contribution in [0.5, 0.6) is 11.5 Å². The highest BCUT2D eigenvalue weighted by Gasteiger charge is 2.18. The number of nitro benzene ring substituents is 1. The molecule has 0 saturated heterocycles. The third-order valence-electron chi connectivity index (χ3n) is 2.85. The molecule has 6 heteroatoms. The maximum atomic E-state index is 11.0. The predicted octanol–water partition coefficient (Wildman–Crippen LogP) is 3.81. The Morgan fingerprint density at radius 2 is 2.10 bits per heavy atom. The number of nitrogens with zero attached hydrogens (tertiary/aromatic N) is 1. The Morgan fingerprint density at radius 1 is 1.35 bits per heavy atom. The molecule has 0 aliphatic rings. The Hall–Kier alpha value is -2.11. The molecule has 0 amide bonds. The number of hydrogen-bond donors (Lipinski definition) is 1. The summed E-state index contributed by atoms with van der Waals surface area (Å²) in [7, 11) is 0. The van der Waals surface area contributed by atoms with Gasteiger partial charge in [0.2, 0.25) is 5.75 Å². The first-order chi connectivity index (χ1) is 9.52. The fourth-order valence-electron chi connectivity index (χ4n) is 1.79. The molecular formula is C14H13ClN2O3. The minimum atomic E-state index is -0.474. The number of aryl methyl sites for hydroxylation is 1. The molecule has 0 heterocycles. The van der Waals surface area contributed by atoms with Crippen LogP contribution in [0.2, 0.25) is 5.02 Å². The van der Waals surface area contributed by atoms with Crippen LogP contribution in [0.1, 0.15) is 11.1 Å². The fraction of sp³-hybridized carbons (Fsp3) is 0.143. The molecule has 0 aliphatic heterocycles. The van der Waals surface area contributed by atoms with Gasteiger partial charge < -0.3 is 10.5 Å². The molecule has 104 valence electrons. The molecule has 0 saturated carbocycles. The SMILES string of the molecule is Cc1cccc([N+](=O)[O-])c1Oc1ccc(CN)c(Cl)c1. The summed E-state index contributed by atoms with van der Waals surface area (Å²) >= 11 is 6.04. The van der Waals surface area contributed by atoms with Crippen molar-refractivity contribution in [3.8, 4) is 11.5 Å². The Morgan fingerprint density at radius 3 is 2.70 bits per heavy atom. The summed E-state index contributed by atoms with van der Waals surface area (Å²) in [6, 6.07) is 9.78. The molecule has 0 bridgehead atoms. The highest BCUT2D eigenvalue weighted by atomic mass is 35.5. The topological polar surface area (TPSA) is 78.4 Å². The van der Waals surface area contributed by atoms with Gasteiger partial charge in [0.05, 0.1) is 4.92 Å². The van der Waals surface area contributed by atoms with Crippen LogP contribution in [0.25, 0.3) is 0 Å². The molecule has 5 nitrogen and oxygen atoms in total.